The number of aliphatic hydroxyl groups excluding tert-OH is 2. The maximum atomic E-state index is 15.3. The van der Waals surface area contributed by atoms with E-state index in [2.05, 4.69) is 34.7 Å². The molecular formula is C43H67N5O8. The van der Waals surface area contributed by atoms with Crippen LogP contribution in [0.4, 0.5) is 11.4 Å². The summed E-state index contributed by atoms with van der Waals surface area (Å²) < 4.78 is 0. The van der Waals surface area contributed by atoms with Gasteiger partial charge in [-0.1, -0.05) is 48.5 Å². The molecule has 0 bridgehead atoms. The number of nitrogens with one attached hydrogen (secondary N) is 3. The molecular weight excluding hydrogens is 714 g/mol. The van der Waals surface area contributed by atoms with Crippen molar-refractivity contribution in [3.63, 3.8) is 0 Å². The van der Waals surface area contributed by atoms with Crippen molar-refractivity contribution in [1.29, 1.82) is 0 Å². The number of hydrogen-bond donors (Lipinski definition) is 7. The number of anilines is 2. The first-order valence-corrected chi connectivity index (χ1v) is 20.1. The molecule has 1 fully saturated rings. The van der Waals surface area contributed by atoms with Gasteiger partial charge in [0.05, 0.1) is 23.8 Å². The van der Waals surface area contributed by atoms with Gasteiger partial charge in [-0.05, 0) is 79.3 Å². The van der Waals surface area contributed by atoms with E-state index in [4.69, 9.17) is 0 Å². The highest BCUT2D eigenvalue weighted by molar-refractivity contribution is 6.25. The molecule has 56 heavy (non-hydrogen) atoms. The number of Topliss-reactive ketones (excluding diaryl/α,β-unsaturated/α-hetero) is 2. The van der Waals surface area contributed by atoms with E-state index >= 15 is 4.79 Å². The van der Waals surface area contributed by atoms with Crippen LogP contribution in [0.3, 0.4) is 0 Å². The summed E-state index contributed by atoms with van der Waals surface area (Å²) in [4.78, 5) is 60.4. The molecule has 1 aromatic rings. The Bertz CT molecular complexity index is 1880. The third-order valence-corrected chi connectivity index (χ3v) is 14.4. The fourth-order valence-electron chi connectivity index (χ4n) is 9.82. The Hall–Kier alpha value is -3.94. The number of carbonyl (C=O) groups is 4. The number of ketones is 2. The van der Waals surface area contributed by atoms with Crippen molar-refractivity contribution in [2.45, 2.75) is 138 Å². The molecule has 0 radical (unpaired) electrons. The number of aliphatic hydroxyl groups is 3. The molecule has 0 spiro atoms. The zero-order chi connectivity index (χ0) is 42.9. The van der Waals surface area contributed by atoms with Gasteiger partial charge in [-0.2, -0.15) is 0 Å². The van der Waals surface area contributed by atoms with Crippen LogP contribution in [0.25, 0.3) is 5.76 Å². The third-order valence-electron chi connectivity index (χ3n) is 14.4. The lowest BCUT2D eigenvalue weighted by molar-refractivity contribution is -0.170. The third kappa shape index (κ3) is 6.14. The lowest BCUT2D eigenvalue weighted by Gasteiger charge is -2.63. The van der Waals surface area contributed by atoms with E-state index in [0.717, 1.165) is 6.42 Å². The highest BCUT2D eigenvalue weighted by atomic mass is 16.3. The van der Waals surface area contributed by atoms with Crippen LogP contribution in [-0.4, -0.2) is 105 Å². The van der Waals surface area contributed by atoms with Gasteiger partial charge in [-0.3, -0.25) is 24.1 Å². The number of hydrogen-bond acceptors (Lipinski definition) is 11. The maximum Gasteiger partial charge on any atom is 0.258 e. The molecule has 13 heteroatoms. The SMILES string of the molecule is CCN(c1c(C)c(NC(=O)CNC(C)(CC)C(C)C)c(O)c2c1C(C)(C)[C@]1(C)C(=C2O)C(=O)[C@]2(O)C(O)=C(C(=O)NC)C(=O)C(N(C)C(C)C)[C@@H]2C1C)C(C)C. The Balaban J connectivity index is 2.15. The molecule has 6 atom stereocenters. The van der Waals surface area contributed by atoms with Crippen LogP contribution in [0.1, 0.15) is 113 Å². The van der Waals surface area contributed by atoms with Crippen LogP contribution in [0.15, 0.2) is 16.9 Å². The molecule has 1 aromatic carbocycles. The number of phenols is 1. The molecule has 1 saturated carbocycles. The molecule has 0 aliphatic heterocycles. The summed E-state index contributed by atoms with van der Waals surface area (Å²) in [6.07, 6.45) is 0.776. The van der Waals surface area contributed by atoms with E-state index in [1.165, 1.54) is 7.05 Å². The van der Waals surface area contributed by atoms with Gasteiger partial charge in [0.15, 0.2) is 17.1 Å². The monoisotopic (exact) mass is 781 g/mol. The Labute approximate surface area is 333 Å². The summed E-state index contributed by atoms with van der Waals surface area (Å²) >= 11 is 0. The highest BCUT2D eigenvalue weighted by Crippen LogP contribution is 2.68. The van der Waals surface area contributed by atoms with Crippen LogP contribution in [-0.2, 0) is 24.6 Å². The second kappa shape index (κ2) is 15.1. The van der Waals surface area contributed by atoms with Crippen LogP contribution in [0, 0.1) is 30.1 Å². The van der Waals surface area contributed by atoms with Crippen LogP contribution in [0.2, 0.25) is 0 Å². The predicted molar refractivity (Wildman–Crippen MR) is 220 cm³/mol. The standard InChI is InChI=1S/C43H67N5O8/c1-17-41(13,20(3)4)45-19-25(49)46-31-23(9)32(48(18-2)22(7)8)29-26(35(31)51)34(50)30-38(54)43(56)28(24(10)42(30,14)40(29,11)12)33(47(16)21(5)6)36(52)27(37(43)53)39(55)44-15/h20-22,24,28,33,45,50-51,53,56H,17-19H2,1-16H3,(H,44,55)(H,46,49)/t24?,28-,33?,41?,42-,43+/m0/s1. The second-order valence-electron chi connectivity index (χ2n) is 18.0. The molecule has 3 aliphatic carbocycles. The van der Waals surface area contributed by atoms with Crippen molar-refractivity contribution in [3.05, 3.63) is 33.6 Å². The van der Waals surface area contributed by atoms with Crippen molar-refractivity contribution in [2.24, 2.45) is 23.2 Å². The molecule has 2 amide bonds. The van der Waals surface area contributed by atoms with Crippen molar-refractivity contribution in [1.82, 2.24) is 15.5 Å². The van der Waals surface area contributed by atoms with E-state index in [1.807, 2.05) is 76.2 Å². The fourth-order valence-corrected chi connectivity index (χ4v) is 9.82. The number of benzene rings is 1. The van der Waals surface area contributed by atoms with Crippen molar-refractivity contribution in [2.75, 3.05) is 37.4 Å². The minimum Gasteiger partial charge on any atom is -0.508 e. The Morgan fingerprint density at radius 1 is 0.982 bits per heavy atom. The topological polar surface area (TPSA) is 192 Å². The summed E-state index contributed by atoms with van der Waals surface area (Å²) in [5.41, 5.74) is -4.81. The van der Waals surface area contributed by atoms with Crippen LogP contribution in [0.5, 0.6) is 5.75 Å². The molecule has 3 unspecified atom stereocenters. The van der Waals surface area contributed by atoms with Crippen molar-refractivity contribution in [3.8, 4) is 5.75 Å². The van der Waals surface area contributed by atoms with Gasteiger partial charge in [0.25, 0.3) is 5.91 Å². The summed E-state index contributed by atoms with van der Waals surface area (Å²) in [6.45, 7) is 27.7. The fraction of sp³-hybridized carbons (Fsp3) is 0.674. The molecule has 13 nitrogen and oxygen atoms in total. The first-order valence-electron chi connectivity index (χ1n) is 20.1. The zero-order valence-corrected chi connectivity index (χ0v) is 36.4. The first-order chi connectivity index (χ1) is 25.7. The highest BCUT2D eigenvalue weighted by Gasteiger charge is 2.73. The van der Waals surface area contributed by atoms with Crippen molar-refractivity contribution >= 4 is 40.5 Å². The number of nitrogens with zero attached hydrogens (tertiary/aromatic N) is 2. The van der Waals surface area contributed by atoms with Gasteiger partial charge in [-0.25, -0.2) is 0 Å². The van der Waals surface area contributed by atoms with Gasteiger partial charge >= 0.3 is 0 Å². The molecule has 0 heterocycles. The average molecular weight is 782 g/mol. The molecule has 3 aliphatic rings. The van der Waals surface area contributed by atoms with Gasteiger partial charge in [0.1, 0.15) is 17.1 Å². The Morgan fingerprint density at radius 3 is 2.02 bits per heavy atom. The smallest absolute Gasteiger partial charge is 0.258 e. The second-order valence-corrected chi connectivity index (χ2v) is 18.0. The number of fused-ring (bicyclic) bond motifs is 3. The van der Waals surface area contributed by atoms with Gasteiger partial charge < -0.3 is 41.3 Å². The van der Waals surface area contributed by atoms with Gasteiger partial charge in [-0.15, -0.1) is 0 Å². The lowest BCUT2D eigenvalue weighted by Crippen LogP contribution is -2.72. The van der Waals surface area contributed by atoms with Crippen molar-refractivity contribution < 1.29 is 39.6 Å². The Kier molecular flexibility index (Phi) is 12.1. The quantitative estimate of drug-likeness (QED) is 0.108. The van der Waals surface area contributed by atoms with E-state index < -0.39 is 80.5 Å². The minimum atomic E-state index is -2.80. The van der Waals surface area contributed by atoms with E-state index in [-0.39, 0.29) is 46.9 Å². The van der Waals surface area contributed by atoms with E-state index in [9.17, 15) is 34.8 Å². The lowest BCUT2D eigenvalue weighted by atomic mass is 9.41. The summed E-state index contributed by atoms with van der Waals surface area (Å²) in [5.74, 6) is -7.17. The van der Waals surface area contributed by atoms with Gasteiger partial charge in [0.2, 0.25) is 11.7 Å². The van der Waals surface area contributed by atoms with Crippen LogP contribution < -0.4 is 20.9 Å². The summed E-state index contributed by atoms with van der Waals surface area (Å²) in [7, 11) is 2.96. The van der Waals surface area contributed by atoms with Crippen LogP contribution >= 0.6 is 0 Å². The van der Waals surface area contributed by atoms with Gasteiger partial charge in [0, 0.05) is 64.8 Å². The average Bonchev–Trinajstić information content (AvgIpc) is 3.12. The summed E-state index contributed by atoms with van der Waals surface area (Å²) in [6, 6.07) is -1.57. The predicted octanol–water partition coefficient (Wildman–Crippen LogP) is 5.27. The molecule has 7 N–H and O–H groups in total. The Morgan fingerprint density at radius 2 is 1.55 bits per heavy atom. The normalized spacial score (nSPS) is 27.1. The number of rotatable bonds is 12. The largest absolute Gasteiger partial charge is 0.508 e. The van der Waals surface area contributed by atoms with E-state index in [0.29, 0.717) is 23.4 Å². The number of carbonyl (C=O) groups excluding carboxylic acids is 4. The molecule has 312 valence electrons. The molecule has 0 saturated heterocycles. The number of aromatic hydroxyl groups is 1. The number of amides is 2. The first kappa shape index (κ1) is 44.8. The maximum absolute atomic E-state index is 15.3. The number of phenolic OH excluding ortho intramolecular Hbond substituents is 1. The molecule has 0 aromatic heterocycles. The summed E-state index contributed by atoms with van der Waals surface area (Å²) in [5, 5.41) is 58.1. The zero-order valence-electron chi connectivity index (χ0n) is 36.4. The minimum absolute atomic E-state index is 0.0550. The molecule has 4 rings (SSSR count). The van der Waals surface area contributed by atoms with E-state index in [1.54, 1.807) is 18.9 Å². The number of likely N-dealkylation sites (N-methyl/N-ethyl adjacent to an activating group) is 2.